The van der Waals surface area contributed by atoms with Gasteiger partial charge in [0.2, 0.25) is 5.78 Å². The Balaban J connectivity index is 0.000000156. The zero-order valence-corrected chi connectivity index (χ0v) is 26.3. The van der Waals surface area contributed by atoms with Crippen LogP contribution in [0.15, 0.2) is 21.4 Å². The molecule has 232 valence electrons. The topological polar surface area (TPSA) is 107 Å². The highest BCUT2D eigenvalue weighted by molar-refractivity contribution is 7.21. The molecule has 0 saturated carbocycles. The molecule has 9 nitrogen and oxygen atoms in total. The van der Waals surface area contributed by atoms with Gasteiger partial charge in [-0.3, -0.25) is 28.3 Å². The van der Waals surface area contributed by atoms with E-state index in [-0.39, 0.29) is 30.1 Å². The molecular formula is C33H39N5O4S2. The molecule has 4 aromatic heterocycles. The molecule has 4 aliphatic rings. The summed E-state index contributed by atoms with van der Waals surface area (Å²) in [4.78, 5) is 64.6. The number of Topliss-reactive ketones (excluding diaryl/α,β-unsaturated/α-hetero) is 2. The fourth-order valence-corrected chi connectivity index (χ4v) is 9.26. The lowest BCUT2D eigenvalue weighted by Crippen LogP contribution is -2.25. The summed E-state index contributed by atoms with van der Waals surface area (Å²) in [5.74, 6) is 2.03. The number of rotatable bonds is 1. The number of aryl methyl sites for hydroxylation is 4. The fraction of sp³-hybridized carbons (Fsp3) is 0.515. The van der Waals surface area contributed by atoms with E-state index < -0.39 is 0 Å². The fourth-order valence-electron chi connectivity index (χ4n) is 6.86. The molecule has 2 aliphatic heterocycles. The summed E-state index contributed by atoms with van der Waals surface area (Å²) < 4.78 is 3.68. The second kappa shape index (κ2) is 12.2. The zero-order chi connectivity index (χ0) is 29.8. The first-order valence-corrected chi connectivity index (χ1v) is 17.0. The molecule has 44 heavy (non-hydrogen) atoms. The van der Waals surface area contributed by atoms with Crippen LogP contribution in [-0.4, -0.2) is 49.7 Å². The molecule has 0 radical (unpaired) electrons. The lowest BCUT2D eigenvalue weighted by atomic mass is 9.92. The summed E-state index contributed by atoms with van der Waals surface area (Å²) >= 11 is 2.81. The summed E-state index contributed by atoms with van der Waals surface area (Å²) in [6.45, 7) is 1.52. The van der Waals surface area contributed by atoms with E-state index in [2.05, 4.69) is 4.98 Å². The number of fused-ring (bicyclic) bond motifs is 8. The van der Waals surface area contributed by atoms with Crippen LogP contribution in [0.4, 0.5) is 0 Å². The quantitative estimate of drug-likeness (QED) is 0.247. The number of aromatic nitrogens is 4. The van der Waals surface area contributed by atoms with Crippen LogP contribution in [-0.2, 0) is 38.8 Å². The predicted molar refractivity (Wildman–Crippen MR) is 177 cm³/mol. The molecule has 0 unspecified atom stereocenters. The van der Waals surface area contributed by atoms with Crippen molar-refractivity contribution in [1.82, 2.24) is 24.0 Å². The van der Waals surface area contributed by atoms with E-state index in [0.717, 1.165) is 124 Å². The number of hydrogen-bond donors (Lipinski definition) is 0. The molecule has 0 saturated heterocycles. The van der Waals surface area contributed by atoms with Crippen LogP contribution >= 0.6 is 22.7 Å². The van der Waals surface area contributed by atoms with E-state index in [1.165, 1.54) is 22.7 Å². The number of nitrogens with zero attached hydrogens (tertiary/aromatic N) is 5. The van der Waals surface area contributed by atoms with Gasteiger partial charge in [0.15, 0.2) is 5.78 Å². The second-order valence-corrected chi connectivity index (χ2v) is 14.1. The third kappa shape index (κ3) is 5.17. The normalized spacial score (nSPS) is 18.5. The molecule has 0 bridgehead atoms. The van der Waals surface area contributed by atoms with Crippen LogP contribution in [0.5, 0.6) is 0 Å². The molecule has 11 heteroatoms. The van der Waals surface area contributed by atoms with E-state index >= 15 is 0 Å². The molecule has 2 aliphatic carbocycles. The molecule has 6 heterocycles. The van der Waals surface area contributed by atoms with E-state index in [1.807, 2.05) is 34.3 Å². The van der Waals surface area contributed by atoms with Gasteiger partial charge in [-0.2, -0.15) is 0 Å². The molecule has 0 atom stereocenters. The highest BCUT2D eigenvalue weighted by Crippen LogP contribution is 2.37. The predicted octanol–water partition coefficient (Wildman–Crippen LogP) is 5.71. The van der Waals surface area contributed by atoms with Crippen molar-refractivity contribution in [3.63, 3.8) is 0 Å². The number of carbonyl (C=O) groups is 2. The lowest BCUT2D eigenvalue weighted by Gasteiger charge is -2.16. The second-order valence-electron chi connectivity index (χ2n) is 12.1. The maximum absolute atomic E-state index is 13.0. The number of hydrogen-bond acceptors (Lipinski definition) is 9. The number of allylic oxidation sites excluding steroid dienone is 1. The van der Waals surface area contributed by atoms with Gasteiger partial charge >= 0.3 is 0 Å². The molecule has 0 aromatic carbocycles. The van der Waals surface area contributed by atoms with Crippen LogP contribution in [0.25, 0.3) is 20.4 Å². The first kappa shape index (κ1) is 30.6. The smallest absolute Gasteiger partial charge is 0.262 e. The average molecular weight is 634 g/mol. The van der Waals surface area contributed by atoms with E-state index in [0.29, 0.717) is 24.6 Å². The molecule has 8 rings (SSSR count). The van der Waals surface area contributed by atoms with Gasteiger partial charge in [0.25, 0.3) is 11.1 Å². The number of ketones is 2. The first-order valence-electron chi connectivity index (χ1n) is 15.4. The van der Waals surface area contributed by atoms with Crippen LogP contribution in [0.2, 0.25) is 0 Å². The van der Waals surface area contributed by atoms with Crippen LogP contribution in [0.3, 0.4) is 0 Å². The van der Waals surface area contributed by atoms with Crippen LogP contribution < -0.4 is 11.1 Å². The van der Waals surface area contributed by atoms with Gasteiger partial charge in [0.05, 0.1) is 20.5 Å². The minimum absolute atomic E-state index is 0. The highest BCUT2D eigenvalue weighted by Gasteiger charge is 2.30. The zero-order valence-electron chi connectivity index (χ0n) is 24.7. The third-order valence-corrected chi connectivity index (χ3v) is 11.2. The van der Waals surface area contributed by atoms with Gasteiger partial charge in [0.1, 0.15) is 21.3 Å². The Bertz CT molecular complexity index is 1960. The summed E-state index contributed by atoms with van der Waals surface area (Å²) in [5, 5.41) is 1.41. The van der Waals surface area contributed by atoms with Crippen molar-refractivity contribution in [2.45, 2.75) is 97.6 Å². The summed E-state index contributed by atoms with van der Waals surface area (Å²) in [5.41, 5.74) is 2.84. The van der Waals surface area contributed by atoms with Gasteiger partial charge in [-0.15, -0.1) is 22.7 Å². The van der Waals surface area contributed by atoms with Crippen molar-refractivity contribution in [3.05, 3.63) is 65.0 Å². The maximum atomic E-state index is 13.0. The highest BCUT2D eigenvalue weighted by atomic mass is 32.1. The number of carbonyl (C=O) groups excluding carboxylic acids is 2. The first-order chi connectivity index (χ1) is 20.8. The van der Waals surface area contributed by atoms with E-state index in [1.54, 1.807) is 0 Å². The minimum Gasteiger partial charge on any atom is -0.383 e. The van der Waals surface area contributed by atoms with Crippen LogP contribution in [0, 0.1) is 0 Å². The number of thiophene rings is 2. The molecule has 4 aromatic rings. The standard InChI is InChI=1S/C18H21N3O2S.C14H14N2O2S.CH4/c1-20(2)10-11-7-8-12-14-17(24-16(12)15(11)22)19-13-6-4-3-5-9-21(13)18(14)23;17-9-6-5-8-11-13(19-12(8)9)15-10-4-2-1-3-7-16(10)14(11)18;/h10H,3-9H2,1-2H3;1-7H2;1H4/b11-10-;;. The Morgan fingerprint density at radius 3 is 1.75 bits per heavy atom. The van der Waals surface area contributed by atoms with Gasteiger partial charge in [-0.05, 0) is 56.1 Å². The van der Waals surface area contributed by atoms with Gasteiger partial charge in [0, 0.05) is 58.2 Å². The minimum atomic E-state index is 0. The van der Waals surface area contributed by atoms with Crippen molar-refractivity contribution in [1.29, 1.82) is 0 Å². The molecule has 0 fully saturated rings. The summed E-state index contributed by atoms with van der Waals surface area (Å²) in [6, 6.07) is 0. The van der Waals surface area contributed by atoms with Gasteiger partial charge in [-0.25, -0.2) is 9.97 Å². The lowest BCUT2D eigenvalue weighted by molar-refractivity contribution is 0.0995. The van der Waals surface area contributed by atoms with Gasteiger partial charge < -0.3 is 4.90 Å². The Hall–Kier alpha value is -3.44. The van der Waals surface area contributed by atoms with Crippen molar-refractivity contribution >= 4 is 54.7 Å². The Kier molecular flexibility index (Phi) is 8.45. The molecule has 0 N–H and O–H groups in total. The molecule has 0 spiro atoms. The van der Waals surface area contributed by atoms with Crippen molar-refractivity contribution in [3.8, 4) is 0 Å². The monoisotopic (exact) mass is 633 g/mol. The van der Waals surface area contributed by atoms with Crippen LogP contribution in [0.1, 0.15) is 101 Å². The Morgan fingerprint density at radius 2 is 1.18 bits per heavy atom. The third-order valence-electron chi connectivity index (χ3n) is 8.96. The maximum Gasteiger partial charge on any atom is 0.262 e. The summed E-state index contributed by atoms with van der Waals surface area (Å²) in [6.07, 6.45) is 12.9. The molecule has 0 amide bonds. The molecular weight excluding hydrogens is 595 g/mol. The van der Waals surface area contributed by atoms with Crippen molar-refractivity contribution < 1.29 is 9.59 Å². The van der Waals surface area contributed by atoms with Gasteiger partial charge in [-0.1, -0.05) is 20.3 Å². The SMILES string of the molecule is C.CN(C)/C=C1/CCc2c(sc3nc4n(c(=O)c23)CCCCC4)C1=O.O=C1CCc2c1sc1nc3n(c(=O)c21)CCCCC3. The largest absolute Gasteiger partial charge is 0.383 e. The Labute approximate surface area is 264 Å². The average Bonchev–Trinajstić information content (AvgIpc) is 3.49. The van der Waals surface area contributed by atoms with E-state index in [9.17, 15) is 19.2 Å². The Morgan fingerprint density at radius 1 is 0.659 bits per heavy atom. The summed E-state index contributed by atoms with van der Waals surface area (Å²) in [7, 11) is 3.84. The van der Waals surface area contributed by atoms with Crippen molar-refractivity contribution in [2.24, 2.45) is 0 Å². The van der Waals surface area contributed by atoms with E-state index in [4.69, 9.17) is 4.98 Å². The van der Waals surface area contributed by atoms with Crippen molar-refractivity contribution in [2.75, 3.05) is 14.1 Å².